The Morgan fingerprint density at radius 3 is 2.50 bits per heavy atom. The largest absolute Gasteiger partial charge is 0.313 e. The van der Waals surface area contributed by atoms with Gasteiger partial charge in [-0.3, -0.25) is 5.01 Å². The molecule has 0 aliphatic carbocycles. The van der Waals surface area contributed by atoms with Crippen molar-refractivity contribution in [2.75, 3.05) is 26.2 Å². The van der Waals surface area contributed by atoms with E-state index >= 15 is 0 Å². The Hall–Kier alpha value is -1.42. The van der Waals surface area contributed by atoms with Gasteiger partial charge in [-0.2, -0.15) is 0 Å². The van der Waals surface area contributed by atoms with Gasteiger partial charge in [0, 0.05) is 13.1 Å². The quantitative estimate of drug-likeness (QED) is 0.719. The lowest BCUT2D eigenvalue weighted by Crippen LogP contribution is -2.40. The fourth-order valence-corrected chi connectivity index (χ4v) is 1.35. The summed E-state index contributed by atoms with van der Waals surface area (Å²) in [7, 11) is 0. The Balaban J connectivity index is 1.93. The molecule has 1 aliphatic rings. The lowest BCUT2D eigenvalue weighted by atomic mass is 10.3. The summed E-state index contributed by atoms with van der Waals surface area (Å²) in [6.45, 7) is 3.87. The molecule has 1 aromatic rings. The summed E-state index contributed by atoms with van der Waals surface area (Å²) in [5.41, 5.74) is 0.908. The molecule has 0 spiro atoms. The maximum Gasteiger partial charge on any atom is 0.0874 e. The molecule has 1 aliphatic heterocycles. The molecule has 1 N–H and O–H groups in total. The maximum atomic E-state index is 4.17. The van der Waals surface area contributed by atoms with Gasteiger partial charge in [0.2, 0.25) is 0 Å². The minimum atomic E-state index is 0.908. The van der Waals surface area contributed by atoms with Crippen LogP contribution in [0, 0.1) is 0 Å². The molecule has 2 rings (SSSR count). The highest BCUT2D eigenvalue weighted by molar-refractivity contribution is 5.34. The van der Waals surface area contributed by atoms with E-state index in [9.17, 15) is 0 Å². The number of nitrogens with zero attached hydrogens (tertiary/aromatic N) is 3. The van der Waals surface area contributed by atoms with Crippen LogP contribution in [0.4, 0.5) is 5.69 Å². The van der Waals surface area contributed by atoms with E-state index in [1.807, 2.05) is 35.3 Å². The number of hydrogen-bond donors (Lipinski definition) is 1. The van der Waals surface area contributed by atoms with E-state index in [0.717, 1.165) is 31.9 Å². The second-order valence-electron chi connectivity index (χ2n) is 3.23. The van der Waals surface area contributed by atoms with Gasteiger partial charge in [-0.15, -0.1) is 5.11 Å². The van der Waals surface area contributed by atoms with Gasteiger partial charge < -0.3 is 5.32 Å². The van der Waals surface area contributed by atoms with Crippen LogP contribution in [0.5, 0.6) is 0 Å². The number of piperazine rings is 1. The topological polar surface area (TPSA) is 40.0 Å². The molecule has 1 saturated heterocycles. The summed E-state index contributed by atoms with van der Waals surface area (Å²) in [4.78, 5) is 0. The predicted octanol–water partition coefficient (Wildman–Crippen LogP) is 1.59. The Labute approximate surface area is 83.6 Å². The van der Waals surface area contributed by atoms with Crippen molar-refractivity contribution >= 4 is 5.69 Å². The number of benzene rings is 1. The summed E-state index contributed by atoms with van der Waals surface area (Å²) >= 11 is 0. The zero-order chi connectivity index (χ0) is 9.64. The van der Waals surface area contributed by atoms with E-state index < -0.39 is 0 Å². The van der Waals surface area contributed by atoms with Gasteiger partial charge in [0.05, 0.1) is 18.8 Å². The van der Waals surface area contributed by atoms with E-state index in [0.29, 0.717) is 0 Å². The van der Waals surface area contributed by atoms with Crippen LogP contribution >= 0.6 is 0 Å². The highest BCUT2D eigenvalue weighted by atomic mass is 15.5. The monoisotopic (exact) mass is 190 g/mol. The van der Waals surface area contributed by atoms with Gasteiger partial charge in [0.1, 0.15) is 0 Å². The average Bonchev–Trinajstić information content (AvgIpc) is 2.29. The molecule has 0 atom stereocenters. The molecular formula is C10H14N4. The molecule has 0 unspecified atom stereocenters. The third-order valence-electron chi connectivity index (χ3n) is 2.14. The fraction of sp³-hybridized carbons (Fsp3) is 0.400. The number of nitrogens with one attached hydrogen (secondary N) is 1. The van der Waals surface area contributed by atoms with E-state index in [1.54, 1.807) is 0 Å². The Morgan fingerprint density at radius 2 is 1.79 bits per heavy atom. The van der Waals surface area contributed by atoms with Crippen LogP contribution in [-0.2, 0) is 0 Å². The summed E-state index contributed by atoms with van der Waals surface area (Å²) in [6.07, 6.45) is 0. The first-order chi connectivity index (χ1) is 6.95. The van der Waals surface area contributed by atoms with E-state index in [1.165, 1.54) is 0 Å². The highest BCUT2D eigenvalue weighted by Gasteiger charge is 2.05. The van der Waals surface area contributed by atoms with Crippen molar-refractivity contribution in [2.24, 2.45) is 10.3 Å². The molecule has 1 heterocycles. The van der Waals surface area contributed by atoms with Crippen molar-refractivity contribution in [1.29, 1.82) is 0 Å². The zero-order valence-corrected chi connectivity index (χ0v) is 8.06. The van der Waals surface area contributed by atoms with Gasteiger partial charge in [0.25, 0.3) is 0 Å². The van der Waals surface area contributed by atoms with Crippen molar-refractivity contribution in [1.82, 2.24) is 10.3 Å². The second-order valence-corrected chi connectivity index (χ2v) is 3.23. The predicted molar refractivity (Wildman–Crippen MR) is 55.4 cm³/mol. The molecule has 4 nitrogen and oxygen atoms in total. The van der Waals surface area contributed by atoms with Crippen LogP contribution in [0.2, 0.25) is 0 Å². The van der Waals surface area contributed by atoms with Crippen molar-refractivity contribution < 1.29 is 0 Å². The molecule has 14 heavy (non-hydrogen) atoms. The smallest absolute Gasteiger partial charge is 0.0874 e. The van der Waals surface area contributed by atoms with Crippen LogP contribution in [0.3, 0.4) is 0 Å². The molecule has 0 aromatic heterocycles. The first-order valence-corrected chi connectivity index (χ1v) is 4.87. The summed E-state index contributed by atoms with van der Waals surface area (Å²) in [6, 6.07) is 9.81. The van der Waals surface area contributed by atoms with Gasteiger partial charge >= 0.3 is 0 Å². The van der Waals surface area contributed by atoms with Crippen molar-refractivity contribution in [3.8, 4) is 0 Å². The molecular weight excluding hydrogens is 176 g/mol. The van der Waals surface area contributed by atoms with E-state index in [-0.39, 0.29) is 0 Å². The Morgan fingerprint density at radius 1 is 1.07 bits per heavy atom. The molecule has 0 amide bonds. The van der Waals surface area contributed by atoms with Crippen molar-refractivity contribution in [3.63, 3.8) is 0 Å². The maximum absolute atomic E-state index is 4.17. The van der Waals surface area contributed by atoms with Gasteiger partial charge in [0.15, 0.2) is 0 Å². The van der Waals surface area contributed by atoms with Gasteiger partial charge in [-0.25, -0.2) is 0 Å². The molecule has 4 heteroatoms. The van der Waals surface area contributed by atoms with Crippen molar-refractivity contribution in [3.05, 3.63) is 30.3 Å². The minimum absolute atomic E-state index is 0.908. The third kappa shape index (κ3) is 2.53. The van der Waals surface area contributed by atoms with Gasteiger partial charge in [-0.1, -0.05) is 23.4 Å². The third-order valence-corrected chi connectivity index (χ3v) is 2.14. The first kappa shape index (κ1) is 9.15. The molecule has 74 valence electrons. The molecule has 0 radical (unpaired) electrons. The highest BCUT2D eigenvalue weighted by Crippen LogP contribution is 2.10. The number of rotatable bonds is 2. The average molecular weight is 190 g/mol. The van der Waals surface area contributed by atoms with Crippen LogP contribution in [0.15, 0.2) is 40.7 Å². The van der Waals surface area contributed by atoms with E-state index in [2.05, 4.69) is 15.7 Å². The SMILES string of the molecule is c1ccc(/N=N/N2CCNCC2)cc1. The number of hydrogen-bond acceptors (Lipinski definition) is 3. The Bertz CT molecular complexity index is 290. The second kappa shape index (κ2) is 4.72. The fourth-order valence-electron chi connectivity index (χ4n) is 1.35. The normalized spacial score (nSPS) is 17.6. The minimum Gasteiger partial charge on any atom is -0.313 e. The van der Waals surface area contributed by atoms with Crippen LogP contribution in [0.1, 0.15) is 0 Å². The molecule has 1 aromatic carbocycles. The summed E-state index contributed by atoms with van der Waals surface area (Å²) in [5, 5.41) is 13.6. The van der Waals surface area contributed by atoms with E-state index in [4.69, 9.17) is 0 Å². The Kier molecular flexibility index (Phi) is 3.08. The van der Waals surface area contributed by atoms with Crippen LogP contribution < -0.4 is 5.32 Å². The van der Waals surface area contributed by atoms with Crippen LogP contribution in [-0.4, -0.2) is 31.2 Å². The summed E-state index contributed by atoms with van der Waals surface area (Å²) < 4.78 is 0. The van der Waals surface area contributed by atoms with Crippen molar-refractivity contribution in [2.45, 2.75) is 0 Å². The molecule has 1 fully saturated rings. The first-order valence-electron chi connectivity index (χ1n) is 4.87. The molecule has 0 bridgehead atoms. The lowest BCUT2D eigenvalue weighted by molar-refractivity contribution is 0.237. The van der Waals surface area contributed by atoms with Gasteiger partial charge in [-0.05, 0) is 12.1 Å². The summed E-state index contributed by atoms with van der Waals surface area (Å²) in [5.74, 6) is 0. The van der Waals surface area contributed by atoms with Crippen LogP contribution in [0.25, 0.3) is 0 Å². The molecule has 0 saturated carbocycles. The zero-order valence-electron chi connectivity index (χ0n) is 8.06. The lowest BCUT2D eigenvalue weighted by Gasteiger charge is -2.22. The standard InChI is InChI=1S/C10H14N4/c1-2-4-10(5-3-1)12-13-14-8-6-11-7-9-14/h1-5,11H,6-9H2/b13-12+.